The predicted molar refractivity (Wildman–Crippen MR) is 60.2 cm³/mol. The van der Waals surface area contributed by atoms with Gasteiger partial charge in [-0.15, -0.1) is 0 Å². The van der Waals surface area contributed by atoms with Crippen molar-refractivity contribution in [1.82, 2.24) is 10.2 Å². The molecule has 0 aromatic heterocycles. The number of hydrogen-bond donors (Lipinski definition) is 2. The number of imide groups is 1. The maximum absolute atomic E-state index is 11.9. The molecule has 1 unspecified atom stereocenters. The number of carbonyl (C=O) groups is 3. The van der Waals surface area contributed by atoms with Gasteiger partial charge in [0.25, 0.3) is 0 Å². The Morgan fingerprint density at radius 2 is 2.00 bits per heavy atom. The second kappa shape index (κ2) is 4.44. The van der Waals surface area contributed by atoms with Gasteiger partial charge in [-0.2, -0.15) is 0 Å². The van der Waals surface area contributed by atoms with Gasteiger partial charge in [0.05, 0.1) is 12.5 Å². The molecule has 1 fully saturated rings. The number of carbonyl (C=O) groups excluding carboxylic acids is 2. The van der Waals surface area contributed by atoms with Gasteiger partial charge in [0.2, 0.25) is 11.8 Å². The van der Waals surface area contributed by atoms with Crippen LogP contribution in [0.2, 0.25) is 0 Å². The van der Waals surface area contributed by atoms with E-state index in [-0.39, 0.29) is 24.3 Å². The molecule has 2 amide bonds. The summed E-state index contributed by atoms with van der Waals surface area (Å²) in [5.74, 6) is -1.66. The lowest BCUT2D eigenvalue weighted by Crippen LogP contribution is -2.54. The molecule has 6 nitrogen and oxygen atoms in total. The molecule has 0 aliphatic carbocycles. The van der Waals surface area contributed by atoms with Crippen LogP contribution in [0.1, 0.15) is 34.1 Å². The monoisotopic (exact) mass is 242 g/mol. The summed E-state index contributed by atoms with van der Waals surface area (Å²) in [6.07, 6.45) is 0.0216. The molecule has 1 aliphatic rings. The van der Waals surface area contributed by atoms with Gasteiger partial charge in [-0.25, -0.2) is 0 Å². The quantitative estimate of drug-likeness (QED) is 0.676. The van der Waals surface area contributed by atoms with Crippen LogP contribution in [0, 0.1) is 0 Å². The van der Waals surface area contributed by atoms with Gasteiger partial charge in [0, 0.05) is 6.04 Å². The summed E-state index contributed by atoms with van der Waals surface area (Å²) in [6.45, 7) is 6.43. The van der Waals surface area contributed by atoms with E-state index in [4.69, 9.17) is 5.11 Å². The molecular formula is C11H18N2O4. The fourth-order valence-electron chi connectivity index (χ4n) is 1.80. The number of hydrogen-bond acceptors (Lipinski definition) is 4. The van der Waals surface area contributed by atoms with Crippen molar-refractivity contribution in [1.29, 1.82) is 0 Å². The van der Waals surface area contributed by atoms with Gasteiger partial charge in [-0.1, -0.05) is 0 Å². The number of aliphatic carboxylic acids is 1. The standard InChI is InChI=1S/C11H18N2O4/c1-6(2)13-8(14)5-7(9(13)15)12-11(3,4)10(16)17/h6-7,12H,5H2,1-4H3,(H,16,17). The van der Waals surface area contributed by atoms with E-state index in [2.05, 4.69) is 5.32 Å². The van der Waals surface area contributed by atoms with Crippen LogP contribution in [0.5, 0.6) is 0 Å². The van der Waals surface area contributed by atoms with Gasteiger partial charge in [-0.3, -0.25) is 24.6 Å². The SMILES string of the molecule is CC(C)N1C(=O)CC(NC(C)(C)C(=O)O)C1=O. The average molecular weight is 242 g/mol. The molecule has 1 rings (SSSR count). The Morgan fingerprint density at radius 1 is 1.47 bits per heavy atom. The molecule has 1 saturated heterocycles. The second-order valence-electron chi connectivity index (χ2n) is 5.03. The number of carboxylic acid groups (broad SMARTS) is 1. The third kappa shape index (κ3) is 2.63. The number of nitrogens with zero attached hydrogens (tertiary/aromatic N) is 1. The zero-order valence-electron chi connectivity index (χ0n) is 10.5. The van der Waals surface area contributed by atoms with Crippen LogP contribution in [0.4, 0.5) is 0 Å². The number of likely N-dealkylation sites (tertiary alicyclic amines) is 1. The first-order chi connectivity index (χ1) is 7.66. The number of carboxylic acids is 1. The molecule has 0 spiro atoms. The normalized spacial score (nSPS) is 21.5. The molecule has 1 aliphatic heterocycles. The molecular weight excluding hydrogens is 224 g/mol. The average Bonchev–Trinajstić information content (AvgIpc) is 2.40. The highest BCUT2D eigenvalue weighted by Crippen LogP contribution is 2.18. The molecule has 17 heavy (non-hydrogen) atoms. The minimum Gasteiger partial charge on any atom is -0.480 e. The van der Waals surface area contributed by atoms with E-state index in [0.29, 0.717) is 0 Å². The maximum atomic E-state index is 11.9. The van der Waals surface area contributed by atoms with Crippen molar-refractivity contribution in [2.75, 3.05) is 0 Å². The Balaban J connectivity index is 2.80. The van der Waals surface area contributed by atoms with Gasteiger partial charge >= 0.3 is 5.97 Å². The lowest BCUT2D eigenvalue weighted by Gasteiger charge is -2.25. The van der Waals surface area contributed by atoms with Crippen molar-refractivity contribution in [3.63, 3.8) is 0 Å². The van der Waals surface area contributed by atoms with Crippen LogP contribution in [-0.4, -0.2) is 45.4 Å². The fourth-order valence-corrected chi connectivity index (χ4v) is 1.80. The molecule has 0 aromatic carbocycles. The minimum atomic E-state index is -1.23. The van der Waals surface area contributed by atoms with Crippen molar-refractivity contribution in [3.05, 3.63) is 0 Å². The Kier molecular flexibility index (Phi) is 3.56. The molecule has 6 heteroatoms. The van der Waals surface area contributed by atoms with Crippen molar-refractivity contribution in [2.45, 2.75) is 51.7 Å². The number of nitrogens with one attached hydrogen (secondary N) is 1. The van der Waals surface area contributed by atoms with Gasteiger partial charge in [0.15, 0.2) is 0 Å². The lowest BCUT2D eigenvalue weighted by molar-refractivity contribution is -0.144. The van der Waals surface area contributed by atoms with Crippen LogP contribution in [0.25, 0.3) is 0 Å². The van der Waals surface area contributed by atoms with Crippen molar-refractivity contribution in [2.24, 2.45) is 0 Å². The minimum absolute atomic E-state index is 0.0216. The fraction of sp³-hybridized carbons (Fsp3) is 0.727. The summed E-state index contributed by atoms with van der Waals surface area (Å²) in [4.78, 5) is 35.6. The van der Waals surface area contributed by atoms with Crippen LogP contribution in [0.15, 0.2) is 0 Å². The zero-order chi connectivity index (χ0) is 13.4. The second-order valence-corrected chi connectivity index (χ2v) is 5.03. The summed E-state index contributed by atoms with van der Waals surface area (Å²) in [6, 6.07) is -0.939. The third-order valence-corrected chi connectivity index (χ3v) is 2.77. The smallest absolute Gasteiger partial charge is 0.323 e. The van der Waals surface area contributed by atoms with Crippen molar-refractivity contribution in [3.8, 4) is 0 Å². The predicted octanol–water partition coefficient (Wildman–Crippen LogP) is -0.0249. The van der Waals surface area contributed by atoms with E-state index < -0.39 is 17.6 Å². The molecule has 0 saturated carbocycles. The summed E-state index contributed by atoms with van der Waals surface area (Å²) in [5, 5.41) is 11.7. The zero-order valence-corrected chi connectivity index (χ0v) is 10.5. The highest BCUT2D eigenvalue weighted by molar-refractivity contribution is 6.06. The molecule has 0 bridgehead atoms. The molecule has 0 aromatic rings. The first-order valence-corrected chi connectivity index (χ1v) is 5.54. The first-order valence-electron chi connectivity index (χ1n) is 5.54. The summed E-state index contributed by atoms with van der Waals surface area (Å²) in [7, 11) is 0. The topological polar surface area (TPSA) is 86.7 Å². The summed E-state index contributed by atoms with van der Waals surface area (Å²) in [5.41, 5.74) is -1.23. The lowest BCUT2D eigenvalue weighted by atomic mass is 10.0. The van der Waals surface area contributed by atoms with Gasteiger partial charge < -0.3 is 5.11 Å². The van der Waals surface area contributed by atoms with E-state index in [0.717, 1.165) is 0 Å². The summed E-state index contributed by atoms with van der Waals surface area (Å²) >= 11 is 0. The highest BCUT2D eigenvalue weighted by Gasteiger charge is 2.43. The molecule has 2 N–H and O–H groups in total. The third-order valence-electron chi connectivity index (χ3n) is 2.77. The molecule has 1 atom stereocenters. The van der Waals surface area contributed by atoms with Crippen molar-refractivity contribution >= 4 is 17.8 Å². The number of rotatable bonds is 4. The Bertz CT molecular complexity index is 362. The molecule has 1 heterocycles. The highest BCUT2D eigenvalue weighted by atomic mass is 16.4. The Labute approximate surface area is 100.0 Å². The number of amides is 2. The first kappa shape index (κ1) is 13.6. The van der Waals surface area contributed by atoms with E-state index in [1.54, 1.807) is 13.8 Å². The Morgan fingerprint density at radius 3 is 2.35 bits per heavy atom. The van der Waals surface area contributed by atoms with Gasteiger partial charge in [0.1, 0.15) is 5.54 Å². The Hall–Kier alpha value is -1.43. The van der Waals surface area contributed by atoms with Crippen LogP contribution < -0.4 is 5.32 Å². The maximum Gasteiger partial charge on any atom is 0.323 e. The van der Waals surface area contributed by atoms with Gasteiger partial charge in [-0.05, 0) is 27.7 Å². The van der Waals surface area contributed by atoms with Crippen molar-refractivity contribution < 1.29 is 19.5 Å². The largest absolute Gasteiger partial charge is 0.480 e. The van der Waals surface area contributed by atoms with E-state index in [1.165, 1.54) is 18.7 Å². The molecule has 96 valence electrons. The van der Waals surface area contributed by atoms with E-state index in [1.807, 2.05) is 0 Å². The summed E-state index contributed by atoms with van der Waals surface area (Å²) < 4.78 is 0. The molecule has 0 radical (unpaired) electrons. The van der Waals surface area contributed by atoms with Crippen LogP contribution in [-0.2, 0) is 14.4 Å². The van der Waals surface area contributed by atoms with E-state index >= 15 is 0 Å². The van der Waals surface area contributed by atoms with E-state index in [9.17, 15) is 14.4 Å². The van der Waals surface area contributed by atoms with Crippen LogP contribution in [0.3, 0.4) is 0 Å². The van der Waals surface area contributed by atoms with Crippen LogP contribution >= 0.6 is 0 Å².